The first-order chi connectivity index (χ1) is 16.5. The first-order valence-electron chi connectivity index (χ1n) is 11.9. The highest BCUT2D eigenvalue weighted by Crippen LogP contribution is 2.58. The van der Waals surface area contributed by atoms with E-state index in [9.17, 15) is 19.5 Å². The fourth-order valence-corrected chi connectivity index (χ4v) is 6.07. The van der Waals surface area contributed by atoms with Gasteiger partial charge in [-0.05, 0) is 24.5 Å². The summed E-state index contributed by atoms with van der Waals surface area (Å²) in [6.45, 7) is 2.91. The summed E-state index contributed by atoms with van der Waals surface area (Å²) in [4.78, 5) is 44.3. The molecule has 5 rings (SSSR count). The van der Waals surface area contributed by atoms with Gasteiger partial charge in [-0.15, -0.1) is 0 Å². The van der Waals surface area contributed by atoms with Crippen molar-refractivity contribution in [3.05, 3.63) is 60.2 Å². The maximum absolute atomic E-state index is 14.1. The van der Waals surface area contributed by atoms with Crippen LogP contribution in [-0.2, 0) is 30.4 Å². The van der Waals surface area contributed by atoms with Crippen molar-refractivity contribution in [2.45, 2.75) is 43.6 Å². The molecule has 2 amide bonds. The van der Waals surface area contributed by atoms with Gasteiger partial charge in [-0.25, -0.2) is 0 Å². The molecule has 4 aliphatic rings. The lowest BCUT2D eigenvalue weighted by Gasteiger charge is -2.38. The Labute approximate surface area is 198 Å². The largest absolute Gasteiger partial charge is 0.461 e. The van der Waals surface area contributed by atoms with Gasteiger partial charge >= 0.3 is 5.97 Å². The first-order valence-corrected chi connectivity index (χ1v) is 11.9. The third-order valence-corrected chi connectivity index (χ3v) is 7.55. The minimum Gasteiger partial charge on any atom is -0.461 e. The molecule has 8 nitrogen and oxygen atoms in total. The van der Waals surface area contributed by atoms with E-state index >= 15 is 0 Å². The van der Waals surface area contributed by atoms with Crippen LogP contribution in [0.25, 0.3) is 0 Å². The van der Waals surface area contributed by atoms with E-state index in [-0.39, 0.29) is 31.6 Å². The number of amides is 2. The van der Waals surface area contributed by atoms with Crippen LogP contribution in [0.5, 0.6) is 0 Å². The number of hydrogen-bond donors (Lipinski definition) is 1. The Morgan fingerprint density at radius 2 is 1.85 bits per heavy atom. The predicted octanol–water partition coefficient (Wildman–Crippen LogP) is 1.44. The van der Waals surface area contributed by atoms with Crippen molar-refractivity contribution in [2.24, 2.45) is 11.8 Å². The van der Waals surface area contributed by atoms with Gasteiger partial charge in [-0.3, -0.25) is 14.4 Å². The summed E-state index contributed by atoms with van der Waals surface area (Å²) in [7, 11) is 0. The molecule has 2 saturated heterocycles. The number of aliphatic hydroxyl groups excluding tert-OH is 1. The maximum atomic E-state index is 14.1. The molecule has 1 spiro atoms. The second-order valence-corrected chi connectivity index (χ2v) is 9.37. The average molecular weight is 467 g/mol. The summed E-state index contributed by atoms with van der Waals surface area (Å²) >= 11 is 0. The number of aliphatic hydroxyl groups is 1. The molecule has 180 valence electrons. The fourth-order valence-electron chi connectivity index (χ4n) is 6.07. The zero-order valence-corrected chi connectivity index (χ0v) is 19.3. The lowest BCUT2D eigenvalue weighted by atomic mass is 9.73. The number of carbonyl (C=O) groups is 3. The van der Waals surface area contributed by atoms with E-state index in [2.05, 4.69) is 0 Å². The quantitative estimate of drug-likeness (QED) is 0.504. The Kier molecular flexibility index (Phi) is 5.81. The lowest BCUT2D eigenvalue weighted by Crippen LogP contribution is -2.56. The first kappa shape index (κ1) is 22.8. The molecule has 4 aliphatic heterocycles. The summed E-state index contributed by atoms with van der Waals surface area (Å²) in [5.74, 6) is -2.71. The van der Waals surface area contributed by atoms with Crippen molar-refractivity contribution in [3.8, 4) is 0 Å². The van der Waals surface area contributed by atoms with Crippen molar-refractivity contribution in [2.75, 3.05) is 26.3 Å². The van der Waals surface area contributed by atoms with Crippen LogP contribution >= 0.6 is 0 Å². The lowest BCUT2D eigenvalue weighted by molar-refractivity contribution is -0.159. The smallest absolute Gasteiger partial charge is 0.313 e. The molecule has 0 aliphatic carbocycles. The van der Waals surface area contributed by atoms with E-state index in [1.807, 2.05) is 55.5 Å². The highest BCUT2D eigenvalue weighted by atomic mass is 16.6. The van der Waals surface area contributed by atoms with E-state index in [0.717, 1.165) is 5.56 Å². The monoisotopic (exact) mass is 466 g/mol. The normalized spacial score (nSPS) is 34.4. The number of benzene rings is 1. The Morgan fingerprint density at radius 3 is 2.59 bits per heavy atom. The zero-order valence-electron chi connectivity index (χ0n) is 19.3. The number of carbonyl (C=O) groups excluding carboxylic acids is 3. The summed E-state index contributed by atoms with van der Waals surface area (Å²) in [6.07, 6.45) is 8.09. The molecular weight excluding hydrogens is 436 g/mol. The van der Waals surface area contributed by atoms with Gasteiger partial charge in [-0.2, -0.15) is 0 Å². The number of esters is 1. The van der Waals surface area contributed by atoms with Gasteiger partial charge in [0.15, 0.2) is 0 Å². The molecule has 5 atom stereocenters. The van der Waals surface area contributed by atoms with Crippen LogP contribution in [0.2, 0.25) is 0 Å². The third-order valence-electron chi connectivity index (χ3n) is 7.55. The van der Waals surface area contributed by atoms with Crippen molar-refractivity contribution in [1.29, 1.82) is 0 Å². The highest BCUT2D eigenvalue weighted by Gasteiger charge is 2.75. The molecule has 1 unspecified atom stereocenters. The molecule has 0 radical (unpaired) electrons. The number of hydrogen-bond acceptors (Lipinski definition) is 6. The van der Waals surface area contributed by atoms with Gasteiger partial charge in [0.25, 0.3) is 0 Å². The molecule has 0 saturated carbocycles. The summed E-state index contributed by atoms with van der Waals surface area (Å²) < 4.78 is 12.2. The van der Waals surface area contributed by atoms with Gasteiger partial charge in [-0.1, -0.05) is 55.5 Å². The van der Waals surface area contributed by atoms with Crippen molar-refractivity contribution in [1.82, 2.24) is 9.80 Å². The standard InChI is InChI=1S/C26H30N2O6/c1-2-25-11-7-16-33-24(32)20(25)19-22(30)28(14-8-15-29)21-23(31)27(13-6-12-26(19,21)34-25)17-18-9-4-3-5-10-18/h3-7,9-12,19-21,29H,2,8,13-17H2,1H3/t19-,20-,21?,25+,26-/m0/s1. The van der Waals surface area contributed by atoms with E-state index < -0.39 is 35.0 Å². The van der Waals surface area contributed by atoms with E-state index in [4.69, 9.17) is 9.47 Å². The molecule has 34 heavy (non-hydrogen) atoms. The highest BCUT2D eigenvalue weighted by molar-refractivity contribution is 5.99. The SMILES string of the molecule is CC[C@@]12C=CCOC(=O)[C@@H]1[C@H]1C(=O)N(CCCO)C3C(=O)N(Cc4ccccc4)CC=C[C@@]31O2. The van der Waals surface area contributed by atoms with Crippen LogP contribution in [0.1, 0.15) is 25.3 Å². The molecule has 0 bridgehead atoms. The Morgan fingerprint density at radius 1 is 1.06 bits per heavy atom. The predicted molar refractivity (Wildman–Crippen MR) is 122 cm³/mol. The molecule has 8 heteroatoms. The Hall–Kier alpha value is -2.97. The topological polar surface area (TPSA) is 96.4 Å². The summed E-state index contributed by atoms with van der Waals surface area (Å²) in [5.41, 5.74) is -1.32. The Bertz CT molecular complexity index is 1040. The molecule has 1 N–H and O–H groups in total. The minimum atomic E-state index is -1.28. The van der Waals surface area contributed by atoms with Gasteiger partial charge < -0.3 is 24.4 Å². The second-order valence-electron chi connectivity index (χ2n) is 9.37. The average Bonchev–Trinajstić information content (AvgIpc) is 3.12. The summed E-state index contributed by atoms with van der Waals surface area (Å²) in [6, 6.07) is 8.77. The molecule has 1 aromatic carbocycles. The molecule has 2 fully saturated rings. The number of fused-ring (bicyclic) bond motifs is 2. The van der Waals surface area contributed by atoms with E-state index in [0.29, 0.717) is 25.9 Å². The van der Waals surface area contributed by atoms with Crippen LogP contribution in [-0.4, -0.2) is 76.2 Å². The number of cyclic esters (lactones) is 1. The Balaban J connectivity index is 1.60. The molecule has 1 aromatic rings. The number of ether oxygens (including phenoxy) is 2. The number of likely N-dealkylation sites (tertiary alicyclic amines) is 1. The van der Waals surface area contributed by atoms with Crippen molar-refractivity contribution >= 4 is 17.8 Å². The van der Waals surface area contributed by atoms with Gasteiger partial charge in [0.05, 0.1) is 5.92 Å². The van der Waals surface area contributed by atoms with Crippen LogP contribution in [0, 0.1) is 11.8 Å². The fraction of sp³-hybridized carbons (Fsp3) is 0.500. The number of nitrogens with zero attached hydrogens (tertiary/aromatic N) is 2. The second kappa shape index (κ2) is 8.67. The van der Waals surface area contributed by atoms with Gasteiger partial charge in [0.2, 0.25) is 11.8 Å². The van der Waals surface area contributed by atoms with Crippen molar-refractivity contribution in [3.63, 3.8) is 0 Å². The van der Waals surface area contributed by atoms with Gasteiger partial charge in [0, 0.05) is 26.2 Å². The van der Waals surface area contributed by atoms with E-state index in [1.54, 1.807) is 11.0 Å². The molecule has 0 aromatic heterocycles. The maximum Gasteiger partial charge on any atom is 0.313 e. The van der Waals surface area contributed by atoms with Crippen LogP contribution in [0.4, 0.5) is 0 Å². The third kappa shape index (κ3) is 3.31. The number of rotatable bonds is 6. The molecular formula is C26H30N2O6. The summed E-state index contributed by atoms with van der Waals surface area (Å²) in [5, 5.41) is 9.46. The van der Waals surface area contributed by atoms with Crippen LogP contribution < -0.4 is 0 Å². The molecule has 4 heterocycles. The van der Waals surface area contributed by atoms with Crippen LogP contribution in [0.15, 0.2) is 54.6 Å². The van der Waals surface area contributed by atoms with Crippen LogP contribution in [0.3, 0.4) is 0 Å². The minimum absolute atomic E-state index is 0.111. The zero-order chi connectivity index (χ0) is 23.9. The van der Waals surface area contributed by atoms with Gasteiger partial charge in [0.1, 0.15) is 29.8 Å². The van der Waals surface area contributed by atoms with Crippen molar-refractivity contribution < 1.29 is 29.0 Å². The van der Waals surface area contributed by atoms with E-state index in [1.165, 1.54) is 4.90 Å².